The maximum atomic E-state index is 12.6. The van der Waals surface area contributed by atoms with E-state index in [1.807, 2.05) is 24.4 Å². The first-order chi connectivity index (χ1) is 13.3. The SMILES string of the molecule is CCOC(=O)CNC(=O)c1c(O)c2cc(-c3sccc3C)ccc2n(C)c1=O. The summed E-state index contributed by atoms with van der Waals surface area (Å²) in [4.78, 5) is 37.6. The summed E-state index contributed by atoms with van der Waals surface area (Å²) < 4.78 is 6.06. The second kappa shape index (κ2) is 7.85. The molecule has 0 aliphatic carbocycles. The number of hydrogen-bond donors (Lipinski definition) is 2. The Morgan fingerprint density at radius 3 is 2.68 bits per heavy atom. The van der Waals surface area contributed by atoms with Gasteiger partial charge in [-0.05, 0) is 48.6 Å². The van der Waals surface area contributed by atoms with Crippen molar-refractivity contribution in [3.05, 3.63) is 51.1 Å². The van der Waals surface area contributed by atoms with Crippen LogP contribution in [0, 0.1) is 6.92 Å². The highest BCUT2D eigenvalue weighted by Crippen LogP contribution is 2.34. The molecule has 2 heterocycles. The van der Waals surface area contributed by atoms with Gasteiger partial charge in [0.25, 0.3) is 11.5 Å². The molecule has 28 heavy (non-hydrogen) atoms. The van der Waals surface area contributed by atoms with Crippen LogP contribution < -0.4 is 10.9 Å². The van der Waals surface area contributed by atoms with Crippen molar-refractivity contribution in [3.63, 3.8) is 0 Å². The Labute approximate surface area is 165 Å². The van der Waals surface area contributed by atoms with E-state index in [9.17, 15) is 19.5 Å². The maximum absolute atomic E-state index is 12.6. The van der Waals surface area contributed by atoms with Crippen LogP contribution in [0.15, 0.2) is 34.4 Å². The summed E-state index contributed by atoms with van der Waals surface area (Å²) in [6.45, 7) is 3.44. The standard InChI is InChI=1S/C20H20N2O5S/c1-4-27-15(23)10-21-19(25)16-17(24)13-9-12(18-11(2)7-8-28-18)5-6-14(13)22(3)20(16)26/h5-9,24H,4,10H2,1-3H3,(H,21,25). The number of carbonyl (C=O) groups excluding carboxylic acids is 2. The number of thiophene rings is 1. The van der Waals surface area contributed by atoms with E-state index in [0.29, 0.717) is 10.9 Å². The first-order valence-electron chi connectivity index (χ1n) is 8.69. The number of rotatable bonds is 5. The second-order valence-corrected chi connectivity index (χ2v) is 7.16. The highest BCUT2D eigenvalue weighted by atomic mass is 32.1. The molecule has 1 aromatic carbocycles. The molecule has 0 atom stereocenters. The number of pyridine rings is 1. The molecule has 0 bridgehead atoms. The van der Waals surface area contributed by atoms with E-state index in [2.05, 4.69) is 5.32 Å². The van der Waals surface area contributed by atoms with Crippen LogP contribution in [0.5, 0.6) is 5.75 Å². The number of aromatic nitrogens is 1. The Balaban J connectivity index is 2.08. The second-order valence-electron chi connectivity index (χ2n) is 6.24. The molecule has 0 radical (unpaired) electrons. The van der Waals surface area contributed by atoms with Gasteiger partial charge >= 0.3 is 5.97 Å². The third-order valence-electron chi connectivity index (χ3n) is 4.42. The zero-order valence-corrected chi connectivity index (χ0v) is 16.6. The molecular weight excluding hydrogens is 380 g/mol. The molecule has 2 aromatic heterocycles. The van der Waals surface area contributed by atoms with E-state index >= 15 is 0 Å². The van der Waals surface area contributed by atoms with Crippen molar-refractivity contribution in [2.24, 2.45) is 7.05 Å². The van der Waals surface area contributed by atoms with Gasteiger partial charge in [0.2, 0.25) is 0 Å². The molecular formula is C20H20N2O5S. The molecule has 0 fully saturated rings. The van der Waals surface area contributed by atoms with E-state index < -0.39 is 28.7 Å². The number of aromatic hydroxyl groups is 1. The molecule has 146 valence electrons. The Morgan fingerprint density at radius 2 is 2.04 bits per heavy atom. The van der Waals surface area contributed by atoms with Crippen LogP contribution >= 0.6 is 11.3 Å². The largest absolute Gasteiger partial charge is 0.506 e. The van der Waals surface area contributed by atoms with Gasteiger partial charge in [-0.1, -0.05) is 6.07 Å². The maximum Gasteiger partial charge on any atom is 0.325 e. The van der Waals surface area contributed by atoms with Gasteiger partial charge in [0.05, 0.1) is 12.1 Å². The van der Waals surface area contributed by atoms with Crippen molar-refractivity contribution in [2.45, 2.75) is 13.8 Å². The molecule has 0 saturated carbocycles. The monoisotopic (exact) mass is 400 g/mol. The number of fused-ring (bicyclic) bond motifs is 1. The Bertz CT molecular complexity index is 1130. The van der Waals surface area contributed by atoms with Gasteiger partial charge in [0.15, 0.2) is 0 Å². The number of benzene rings is 1. The fraction of sp³-hybridized carbons (Fsp3) is 0.250. The Morgan fingerprint density at radius 1 is 1.29 bits per heavy atom. The Kier molecular flexibility index (Phi) is 5.51. The van der Waals surface area contributed by atoms with Gasteiger partial charge in [-0.15, -0.1) is 11.3 Å². The fourth-order valence-corrected chi connectivity index (χ4v) is 3.92. The van der Waals surface area contributed by atoms with Crippen LogP contribution in [-0.4, -0.2) is 34.7 Å². The lowest BCUT2D eigenvalue weighted by atomic mass is 10.0. The fourth-order valence-electron chi connectivity index (χ4n) is 3.00. The summed E-state index contributed by atoms with van der Waals surface area (Å²) in [5, 5.41) is 15.4. The zero-order valence-electron chi connectivity index (χ0n) is 15.7. The van der Waals surface area contributed by atoms with Crippen molar-refractivity contribution < 1.29 is 19.4 Å². The number of esters is 1. The third-order valence-corrected chi connectivity index (χ3v) is 5.48. The number of nitrogens with zero attached hydrogens (tertiary/aromatic N) is 1. The lowest BCUT2D eigenvalue weighted by Gasteiger charge is -2.13. The van der Waals surface area contributed by atoms with Crippen molar-refractivity contribution >= 4 is 34.1 Å². The van der Waals surface area contributed by atoms with Crippen molar-refractivity contribution in [1.29, 1.82) is 0 Å². The van der Waals surface area contributed by atoms with Gasteiger partial charge in [-0.25, -0.2) is 0 Å². The lowest BCUT2D eigenvalue weighted by Crippen LogP contribution is -2.35. The van der Waals surface area contributed by atoms with Crippen LogP contribution in [0.3, 0.4) is 0 Å². The summed E-state index contributed by atoms with van der Waals surface area (Å²) in [6, 6.07) is 7.37. The minimum atomic E-state index is -0.828. The molecule has 0 spiro atoms. The molecule has 0 aliphatic heterocycles. The molecule has 0 aliphatic rings. The third kappa shape index (κ3) is 3.50. The summed E-state index contributed by atoms with van der Waals surface area (Å²) >= 11 is 1.57. The van der Waals surface area contributed by atoms with Gasteiger partial charge in [-0.3, -0.25) is 14.4 Å². The molecule has 3 aromatic rings. The number of ether oxygens (including phenoxy) is 1. The molecule has 1 amide bonds. The van der Waals surface area contributed by atoms with Gasteiger partial charge in [-0.2, -0.15) is 0 Å². The van der Waals surface area contributed by atoms with Crippen molar-refractivity contribution in [3.8, 4) is 16.2 Å². The lowest BCUT2D eigenvalue weighted by molar-refractivity contribution is -0.141. The van der Waals surface area contributed by atoms with Crippen LogP contribution in [0.4, 0.5) is 0 Å². The van der Waals surface area contributed by atoms with Crippen LogP contribution in [0.2, 0.25) is 0 Å². The van der Waals surface area contributed by atoms with Gasteiger partial charge < -0.3 is 19.7 Å². The molecule has 0 unspecified atom stereocenters. The van der Waals surface area contributed by atoms with Crippen LogP contribution in [0.25, 0.3) is 21.3 Å². The van der Waals surface area contributed by atoms with E-state index in [1.165, 1.54) is 11.6 Å². The number of carbonyl (C=O) groups is 2. The summed E-state index contributed by atoms with van der Waals surface area (Å²) in [6.07, 6.45) is 0. The first-order valence-corrected chi connectivity index (χ1v) is 9.57. The quantitative estimate of drug-likeness (QED) is 0.642. The van der Waals surface area contributed by atoms with E-state index in [0.717, 1.165) is 16.0 Å². The zero-order chi connectivity index (χ0) is 20.4. The van der Waals surface area contributed by atoms with Gasteiger partial charge in [0, 0.05) is 17.3 Å². The van der Waals surface area contributed by atoms with Crippen molar-refractivity contribution in [2.75, 3.05) is 13.2 Å². The molecule has 2 N–H and O–H groups in total. The minimum absolute atomic E-state index is 0.183. The highest BCUT2D eigenvalue weighted by Gasteiger charge is 2.22. The van der Waals surface area contributed by atoms with Crippen LogP contribution in [0.1, 0.15) is 22.8 Å². The van der Waals surface area contributed by atoms with Crippen molar-refractivity contribution in [1.82, 2.24) is 9.88 Å². The summed E-state index contributed by atoms with van der Waals surface area (Å²) in [7, 11) is 1.53. The number of hydrogen-bond acceptors (Lipinski definition) is 6. The summed E-state index contributed by atoms with van der Waals surface area (Å²) in [5.74, 6) is -1.86. The predicted molar refractivity (Wildman–Crippen MR) is 108 cm³/mol. The molecule has 0 saturated heterocycles. The average molecular weight is 400 g/mol. The van der Waals surface area contributed by atoms with E-state index in [1.54, 1.807) is 30.4 Å². The highest BCUT2D eigenvalue weighted by molar-refractivity contribution is 7.13. The first kappa shape index (κ1) is 19.6. The van der Waals surface area contributed by atoms with Gasteiger partial charge in [0.1, 0.15) is 17.9 Å². The van der Waals surface area contributed by atoms with Crippen LogP contribution in [-0.2, 0) is 16.6 Å². The average Bonchev–Trinajstić information content (AvgIpc) is 3.10. The number of aryl methyl sites for hydroxylation is 2. The molecule has 7 nitrogen and oxygen atoms in total. The van der Waals surface area contributed by atoms with E-state index in [4.69, 9.17) is 4.74 Å². The Hall–Kier alpha value is -3.13. The normalized spacial score (nSPS) is 10.8. The number of nitrogens with one attached hydrogen (secondary N) is 1. The smallest absolute Gasteiger partial charge is 0.325 e. The predicted octanol–water partition coefficient (Wildman–Crippen LogP) is 2.57. The molecule has 8 heteroatoms. The summed E-state index contributed by atoms with van der Waals surface area (Å²) in [5.41, 5.74) is 1.43. The minimum Gasteiger partial charge on any atom is -0.506 e. The van der Waals surface area contributed by atoms with E-state index in [-0.39, 0.29) is 13.2 Å². The molecule has 3 rings (SSSR count). The topological polar surface area (TPSA) is 97.6 Å². The number of amides is 1.